The lowest BCUT2D eigenvalue weighted by atomic mass is 9.95. The highest BCUT2D eigenvalue weighted by Gasteiger charge is 2.06. The topological polar surface area (TPSA) is 0 Å². The van der Waals surface area contributed by atoms with Crippen molar-refractivity contribution < 1.29 is 0 Å². The summed E-state index contributed by atoms with van der Waals surface area (Å²) in [6.45, 7) is 6.29. The Morgan fingerprint density at radius 1 is 1.15 bits per heavy atom. The van der Waals surface area contributed by atoms with Crippen LogP contribution in [0.5, 0.6) is 0 Å². The van der Waals surface area contributed by atoms with E-state index in [0.29, 0.717) is 0 Å². The number of rotatable bonds is 5. The zero-order valence-corrected chi connectivity index (χ0v) is 12.5. The number of hydrogen-bond donors (Lipinski definition) is 0. The van der Waals surface area contributed by atoms with E-state index in [1.165, 1.54) is 16.7 Å². The smallest absolute Gasteiger partial charge is 0.0409 e. The molecule has 0 N–H and O–H groups in total. The third-order valence-corrected chi connectivity index (χ3v) is 3.44. The Kier molecular flexibility index (Phi) is 5.20. The average molecular weight is 283 g/mol. The van der Waals surface area contributed by atoms with Gasteiger partial charge in [-0.3, -0.25) is 0 Å². The van der Waals surface area contributed by atoms with Crippen molar-refractivity contribution in [1.29, 1.82) is 0 Å². The maximum Gasteiger partial charge on any atom is 0.0409 e. The van der Waals surface area contributed by atoms with Gasteiger partial charge in [0.05, 0.1) is 0 Å². The van der Waals surface area contributed by atoms with Gasteiger partial charge in [-0.1, -0.05) is 73.7 Å². The summed E-state index contributed by atoms with van der Waals surface area (Å²) in [5.41, 5.74) is 4.70. The summed E-state index contributed by atoms with van der Waals surface area (Å²) in [4.78, 5) is 0. The zero-order valence-electron chi connectivity index (χ0n) is 11.8. The number of benzene rings is 2. The molecule has 1 heteroatoms. The van der Waals surface area contributed by atoms with Crippen molar-refractivity contribution in [2.45, 2.75) is 19.8 Å². The van der Waals surface area contributed by atoms with E-state index in [4.69, 9.17) is 11.6 Å². The van der Waals surface area contributed by atoms with Gasteiger partial charge in [-0.05, 0) is 47.2 Å². The van der Waals surface area contributed by atoms with Crippen molar-refractivity contribution in [3.63, 3.8) is 0 Å². The molecule has 102 valence electrons. The standard InChI is InChI=1S/C19H19Cl/c1-3-4-8-15(2)19-12-11-18(20)14-17(19)13-16-9-6-5-7-10-16/h4-12,14H,2-3,13H2,1H3/b8-4-. The largest absolute Gasteiger partial charge is 0.0912 e. The minimum absolute atomic E-state index is 0.770. The molecule has 0 fully saturated rings. The molecule has 0 aliphatic rings. The zero-order chi connectivity index (χ0) is 14.4. The van der Waals surface area contributed by atoms with Crippen LogP contribution in [-0.4, -0.2) is 0 Å². The number of halogens is 1. The third-order valence-electron chi connectivity index (χ3n) is 3.21. The lowest BCUT2D eigenvalue weighted by Gasteiger charge is -2.11. The van der Waals surface area contributed by atoms with Gasteiger partial charge in [0, 0.05) is 5.02 Å². The van der Waals surface area contributed by atoms with E-state index in [1.54, 1.807) is 0 Å². The monoisotopic (exact) mass is 282 g/mol. The normalized spacial score (nSPS) is 10.9. The fourth-order valence-corrected chi connectivity index (χ4v) is 2.38. The van der Waals surface area contributed by atoms with Crippen LogP contribution in [-0.2, 0) is 6.42 Å². The van der Waals surface area contributed by atoms with Gasteiger partial charge in [0.25, 0.3) is 0 Å². The molecule has 0 amide bonds. The summed E-state index contributed by atoms with van der Waals surface area (Å²) < 4.78 is 0. The van der Waals surface area contributed by atoms with Crippen molar-refractivity contribution in [2.75, 3.05) is 0 Å². The molecule has 2 aromatic carbocycles. The molecule has 0 spiro atoms. The van der Waals surface area contributed by atoms with Crippen LogP contribution in [0.3, 0.4) is 0 Å². The fourth-order valence-electron chi connectivity index (χ4n) is 2.19. The minimum atomic E-state index is 0.770. The fraction of sp³-hybridized carbons (Fsp3) is 0.158. The molecule has 0 saturated heterocycles. The van der Waals surface area contributed by atoms with Crippen molar-refractivity contribution in [3.8, 4) is 0 Å². The van der Waals surface area contributed by atoms with Crippen LogP contribution in [0, 0.1) is 0 Å². The van der Waals surface area contributed by atoms with E-state index in [-0.39, 0.29) is 0 Å². The second-order valence-electron chi connectivity index (χ2n) is 4.80. The van der Waals surface area contributed by atoms with Gasteiger partial charge in [-0.25, -0.2) is 0 Å². The highest BCUT2D eigenvalue weighted by Crippen LogP contribution is 2.25. The van der Waals surface area contributed by atoms with Gasteiger partial charge in [0.1, 0.15) is 0 Å². The Hall–Kier alpha value is -1.79. The van der Waals surface area contributed by atoms with Gasteiger partial charge >= 0.3 is 0 Å². The first-order valence-corrected chi connectivity index (χ1v) is 7.26. The summed E-state index contributed by atoms with van der Waals surface area (Å²) in [6, 6.07) is 16.4. The van der Waals surface area contributed by atoms with Crippen LogP contribution in [0.1, 0.15) is 30.0 Å². The Balaban J connectivity index is 2.33. The molecule has 0 bridgehead atoms. The van der Waals surface area contributed by atoms with E-state index in [0.717, 1.165) is 23.4 Å². The Bertz CT molecular complexity index is 609. The molecule has 2 aromatic rings. The molecule has 0 nitrogen and oxygen atoms in total. The van der Waals surface area contributed by atoms with Crippen LogP contribution in [0.2, 0.25) is 5.02 Å². The first kappa shape index (κ1) is 14.6. The van der Waals surface area contributed by atoms with E-state index in [9.17, 15) is 0 Å². The second-order valence-corrected chi connectivity index (χ2v) is 5.24. The van der Waals surface area contributed by atoms with E-state index >= 15 is 0 Å². The molecule has 0 aliphatic heterocycles. The average Bonchev–Trinajstić information content (AvgIpc) is 2.46. The molecule has 2 rings (SSSR count). The minimum Gasteiger partial charge on any atom is -0.0912 e. The van der Waals surface area contributed by atoms with Gasteiger partial charge in [-0.2, -0.15) is 0 Å². The molecule has 0 atom stereocenters. The summed E-state index contributed by atoms with van der Waals surface area (Å²) in [7, 11) is 0. The maximum atomic E-state index is 6.14. The summed E-state index contributed by atoms with van der Waals surface area (Å²) in [5, 5.41) is 0.770. The summed E-state index contributed by atoms with van der Waals surface area (Å²) in [6.07, 6.45) is 6.09. The number of allylic oxidation sites excluding steroid dienone is 3. The molecule has 0 aliphatic carbocycles. The molecule has 0 unspecified atom stereocenters. The van der Waals surface area contributed by atoms with Crippen molar-refractivity contribution in [3.05, 3.63) is 89.0 Å². The lowest BCUT2D eigenvalue weighted by Crippen LogP contribution is -1.94. The maximum absolute atomic E-state index is 6.14. The first-order valence-electron chi connectivity index (χ1n) is 6.89. The van der Waals surface area contributed by atoms with Gasteiger partial charge < -0.3 is 0 Å². The Morgan fingerprint density at radius 3 is 2.60 bits per heavy atom. The molecule has 0 saturated carbocycles. The highest BCUT2D eigenvalue weighted by molar-refractivity contribution is 6.30. The molecule has 0 heterocycles. The van der Waals surface area contributed by atoms with E-state index in [1.807, 2.05) is 18.2 Å². The molecule has 0 radical (unpaired) electrons. The Labute approximate surface area is 126 Å². The quantitative estimate of drug-likeness (QED) is 0.598. The SMILES string of the molecule is C=C(/C=C\CC)c1ccc(Cl)cc1Cc1ccccc1. The van der Waals surface area contributed by atoms with Crippen molar-refractivity contribution in [2.24, 2.45) is 0 Å². The highest BCUT2D eigenvalue weighted by atomic mass is 35.5. The van der Waals surface area contributed by atoms with Crippen LogP contribution >= 0.6 is 11.6 Å². The molecule has 0 aromatic heterocycles. The Morgan fingerprint density at radius 2 is 1.90 bits per heavy atom. The van der Waals surface area contributed by atoms with Crippen LogP contribution in [0.15, 0.2) is 67.3 Å². The van der Waals surface area contributed by atoms with E-state index in [2.05, 4.69) is 56.0 Å². The van der Waals surface area contributed by atoms with Crippen LogP contribution in [0.4, 0.5) is 0 Å². The van der Waals surface area contributed by atoms with Gasteiger partial charge in [0.15, 0.2) is 0 Å². The van der Waals surface area contributed by atoms with Gasteiger partial charge in [-0.15, -0.1) is 0 Å². The predicted octanol–water partition coefficient (Wildman–Crippen LogP) is 5.91. The molecule has 20 heavy (non-hydrogen) atoms. The summed E-state index contributed by atoms with van der Waals surface area (Å²) in [5.74, 6) is 0. The third kappa shape index (κ3) is 3.85. The van der Waals surface area contributed by atoms with Crippen LogP contribution < -0.4 is 0 Å². The van der Waals surface area contributed by atoms with Crippen LogP contribution in [0.25, 0.3) is 5.57 Å². The number of hydrogen-bond acceptors (Lipinski definition) is 0. The second kappa shape index (κ2) is 7.12. The van der Waals surface area contributed by atoms with Crippen molar-refractivity contribution in [1.82, 2.24) is 0 Å². The first-order chi connectivity index (χ1) is 9.70. The summed E-state index contributed by atoms with van der Waals surface area (Å²) >= 11 is 6.14. The molecular weight excluding hydrogens is 264 g/mol. The van der Waals surface area contributed by atoms with E-state index < -0.39 is 0 Å². The molecular formula is C19H19Cl. The van der Waals surface area contributed by atoms with Gasteiger partial charge in [0.2, 0.25) is 0 Å². The van der Waals surface area contributed by atoms with Crippen molar-refractivity contribution >= 4 is 17.2 Å². The lowest BCUT2D eigenvalue weighted by molar-refractivity contribution is 1.18. The predicted molar refractivity (Wildman–Crippen MR) is 89.2 cm³/mol.